The van der Waals surface area contributed by atoms with Crippen molar-refractivity contribution < 1.29 is 4.74 Å². The second-order valence-electron chi connectivity index (χ2n) is 5.73. The van der Waals surface area contributed by atoms with Gasteiger partial charge in [0, 0.05) is 13.2 Å². The SMILES string of the molecule is CC(C)CNCc1ncn(CCCC2CCCO2)n1. The van der Waals surface area contributed by atoms with Crippen molar-refractivity contribution in [2.45, 2.75) is 58.7 Å². The van der Waals surface area contributed by atoms with Crippen molar-refractivity contribution in [3.8, 4) is 0 Å². The van der Waals surface area contributed by atoms with Gasteiger partial charge in [-0.05, 0) is 38.1 Å². The predicted molar refractivity (Wildman–Crippen MR) is 74.8 cm³/mol. The quantitative estimate of drug-likeness (QED) is 0.782. The van der Waals surface area contributed by atoms with E-state index in [0.29, 0.717) is 12.0 Å². The average molecular weight is 266 g/mol. The van der Waals surface area contributed by atoms with E-state index in [0.717, 1.165) is 44.9 Å². The van der Waals surface area contributed by atoms with E-state index in [1.165, 1.54) is 12.8 Å². The summed E-state index contributed by atoms with van der Waals surface area (Å²) in [6, 6.07) is 0. The highest BCUT2D eigenvalue weighted by atomic mass is 16.5. The second kappa shape index (κ2) is 7.60. The average Bonchev–Trinajstić information content (AvgIpc) is 3.00. The predicted octanol–water partition coefficient (Wildman–Crippen LogP) is 1.98. The summed E-state index contributed by atoms with van der Waals surface area (Å²) >= 11 is 0. The third kappa shape index (κ3) is 5.28. The molecule has 0 saturated carbocycles. The summed E-state index contributed by atoms with van der Waals surface area (Å²) in [6.45, 7) is 8.05. The molecule has 1 aliphatic rings. The van der Waals surface area contributed by atoms with E-state index in [-0.39, 0.29) is 0 Å². The number of nitrogens with zero attached hydrogens (tertiary/aromatic N) is 3. The van der Waals surface area contributed by atoms with E-state index < -0.39 is 0 Å². The zero-order chi connectivity index (χ0) is 13.5. The summed E-state index contributed by atoms with van der Waals surface area (Å²) < 4.78 is 7.56. The van der Waals surface area contributed by atoms with Crippen LogP contribution in [0.3, 0.4) is 0 Å². The van der Waals surface area contributed by atoms with Crippen LogP contribution in [0, 0.1) is 5.92 Å². The monoisotopic (exact) mass is 266 g/mol. The van der Waals surface area contributed by atoms with Crippen molar-refractivity contribution in [2.24, 2.45) is 5.92 Å². The summed E-state index contributed by atoms with van der Waals surface area (Å²) in [5.74, 6) is 1.55. The van der Waals surface area contributed by atoms with Crippen LogP contribution in [0.1, 0.15) is 45.4 Å². The summed E-state index contributed by atoms with van der Waals surface area (Å²) in [7, 11) is 0. The number of aryl methyl sites for hydroxylation is 1. The largest absolute Gasteiger partial charge is 0.378 e. The Morgan fingerprint density at radius 2 is 2.42 bits per heavy atom. The molecule has 1 fully saturated rings. The molecule has 1 aromatic heterocycles. The van der Waals surface area contributed by atoms with E-state index in [2.05, 4.69) is 29.2 Å². The van der Waals surface area contributed by atoms with Gasteiger partial charge in [-0.2, -0.15) is 5.10 Å². The Bertz CT molecular complexity index is 358. The number of ether oxygens (including phenoxy) is 1. The lowest BCUT2D eigenvalue weighted by molar-refractivity contribution is 0.101. The van der Waals surface area contributed by atoms with Gasteiger partial charge >= 0.3 is 0 Å². The van der Waals surface area contributed by atoms with Crippen LogP contribution in [-0.4, -0.2) is 34.0 Å². The van der Waals surface area contributed by atoms with Crippen molar-refractivity contribution in [1.82, 2.24) is 20.1 Å². The lowest BCUT2D eigenvalue weighted by Crippen LogP contribution is -2.19. The highest BCUT2D eigenvalue weighted by Crippen LogP contribution is 2.16. The molecule has 0 aromatic carbocycles. The molecule has 2 rings (SSSR count). The number of nitrogens with one attached hydrogen (secondary N) is 1. The van der Waals surface area contributed by atoms with Crippen molar-refractivity contribution in [2.75, 3.05) is 13.2 Å². The Kier molecular flexibility index (Phi) is 5.79. The van der Waals surface area contributed by atoms with Crippen LogP contribution in [0.15, 0.2) is 6.33 Å². The first kappa shape index (κ1) is 14.5. The fraction of sp³-hybridized carbons (Fsp3) is 0.857. The summed E-state index contributed by atoms with van der Waals surface area (Å²) in [5, 5.41) is 7.83. The number of hydrogen-bond acceptors (Lipinski definition) is 4. The maximum atomic E-state index is 5.62. The third-order valence-electron chi connectivity index (χ3n) is 3.36. The minimum atomic E-state index is 0.482. The summed E-state index contributed by atoms with van der Waals surface area (Å²) in [5.41, 5.74) is 0. The highest BCUT2D eigenvalue weighted by Gasteiger charge is 2.14. The van der Waals surface area contributed by atoms with Gasteiger partial charge in [0.2, 0.25) is 0 Å². The number of hydrogen-bond donors (Lipinski definition) is 1. The molecular formula is C14H26N4O. The Labute approximate surface area is 115 Å². The van der Waals surface area contributed by atoms with Crippen LogP contribution in [-0.2, 0) is 17.8 Å². The summed E-state index contributed by atoms with van der Waals surface area (Å²) in [6.07, 6.45) is 7.02. The van der Waals surface area contributed by atoms with Crippen molar-refractivity contribution in [3.63, 3.8) is 0 Å². The van der Waals surface area contributed by atoms with Gasteiger partial charge in [0.1, 0.15) is 6.33 Å². The van der Waals surface area contributed by atoms with E-state index >= 15 is 0 Å². The van der Waals surface area contributed by atoms with E-state index in [1.54, 1.807) is 0 Å². The molecule has 1 aromatic rings. The third-order valence-corrected chi connectivity index (χ3v) is 3.36. The van der Waals surface area contributed by atoms with E-state index in [9.17, 15) is 0 Å². The second-order valence-corrected chi connectivity index (χ2v) is 5.73. The van der Waals surface area contributed by atoms with Gasteiger partial charge in [0.15, 0.2) is 5.82 Å². The molecule has 1 atom stereocenters. The molecule has 1 saturated heterocycles. The number of rotatable bonds is 8. The van der Waals surface area contributed by atoms with Crippen LogP contribution < -0.4 is 5.32 Å². The normalized spacial score (nSPS) is 19.4. The fourth-order valence-electron chi connectivity index (χ4n) is 2.35. The van der Waals surface area contributed by atoms with Gasteiger partial charge in [-0.3, -0.25) is 4.68 Å². The highest BCUT2D eigenvalue weighted by molar-refractivity contribution is 4.81. The van der Waals surface area contributed by atoms with Gasteiger partial charge in [-0.15, -0.1) is 0 Å². The van der Waals surface area contributed by atoms with Crippen LogP contribution >= 0.6 is 0 Å². The lowest BCUT2D eigenvalue weighted by Gasteiger charge is -2.08. The Morgan fingerprint density at radius 1 is 1.53 bits per heavy atom. The van der Waals surface area contributed by atoms with Gasteiger partial charge in [0.05, 0.1) is 12.6 Å². The van der Waals surface area contributed by atoms with Crippen LogP contribution in [0.2, 0.25) is 0 Å². The first-order valence-electron chi connectivity index (χ1n) is 7.44. The molecule has 0 bridgehead atoms. The minimum Gasteiger partial charge on any atom is -0.378 e. The topological polar surface area (TPSA) is 52.0 Å². The maximum Gasteiger partial charge on any atom is 0.164 e. The maximum absolute atomic E-state index is 5.62. The molecule has 2 heterocycles. The van der Waals surface area contributed by atoms with Gasteiger partial charge < -0.3 is 10.1 Å². The molecule has 1 unspecified atom stereocenters. The lowest BCUT2D eigenvalue weighted by atomic mass is 10.1. The van der Waals surface area contributed by atoms with Crippen molar-refractivity contribution in [1.29, 1.82) is 0 Å². The first-order chi connectivity index (χ1) is 9.24. The van der Waals surface area contributed by atoms with Crippen LogP contribution in [0.25, 0.3) is 0 Å². The molecule has 0 amide bonds. The van der Waals surface area contributed by atoms with Crippen molar-refractivity contribution >= 4 is 0 Å². The van der Waals surface area contributed by atoms with Gasteiger partial charge in [0.25, 0.3) is 0 Å². The minimum absolute atomic E-state index is 0.482. The molecule has 1 N–H and O–H groups in total. The van der Waals surface area contributed by atoms with E-state index in [1.807, 2.05) is 11.0 Å². The van der Waals surface area contributed by atoms with Crippen LogP contribution in [0.5, 0.6) is 0 Å². The molecule has 0 spiro atoms. The van der Waals surface area contributed by atoms with Gasteiger partial charge in [-0.1, -0.05) is 13.8 Å². The molecule has 5 nitrogen and oxygen atoms in total. The molecule has 1 aliphatic heterocycles. The Morgan fingerprint density at radius 3 is 3.16 bits per heavy atom. The van der Waals surface area contributed by atoms with Crippen LogP contribution in [0.4, 0.5) is 0 Å². The molecule has 0 radical (unpaired) electrons. The molecule has 0 aliphatic carbocycles. The number of aromatic nitrogens is 3. The van der Waals surface area contributed by atoms with Crippen molar-refractivity contribution in [3.05, 3.63) is 12.2 Å². The molecular weight excluding hydrogens is 240 g/mol. The fourth-order valence-corrected chi connectivity index (χ4v) is 2.35. The van der Waals surface area contributed by atoms with Gasteiger partial charge in [-0.25, -0.2) is 4.98 Å². The Hall–Kier alpha value is -0.940. The standard InChI is InChI=1S/C14H26N4O/c1-12(2)9-15-10-14-16-11-18(17-14)7-3-5-13-6-4-8-19-13/h11-13,15H,3-10H2,1-2H3. The Balaban J connectivity index is 1.62. The molecule has 5 heteroatoms. The van der Waals surface area contributed by atoms with E-state index in [4.69, 9.17) is 4.74 Å². The smallest absolute Gasteiger partial charge is 0.164 e. The zero-order valence-electron chi connectivity index (χ0n) is 12.1. The molecule has 108 valence electrons. The zero-order valence-corrected chi connectivity index (χ0v) is 12.1. The first-order valence-corrected chi connectivity index (χ1v) is 7.44. The summed E-state index contributed by atoms with van der Waals surface area (Å²) in [4.78, 5) is 4.32. The molecule has 19 heavy (non-hydrogen) atoms.